The molecule has 58 valence electrons. The minimum Gasteiger partial charge on any atom is -0.313 e. The van der Waals surface area contributed by atoms with Gasteiger partial charge in [0.15, 0.2) is 0 Å². The minimum absolute atomic E-state index is 0.684. The second-order valence-corrected chi connectivity index (χ2v) is 3.27. The lowest BCUT2D eigenvalue weighted by atomic mass is 10.0. The minimum atomic E-state index is 0.684. The number of hydrogen-bond acceptors (Lipinski definition) is 1. The summed E-state index contributed by atoms with van der Waals surface area (Å²) in [7, 11) is 0. The van der Waals surface area contributed by atoms with E-state index in [4.69, 9.17) is 0 Å². The summed E-state index contributed by atoms with van der Waals surface area (Å²) >= 11 is 0. The summed E-state index contributed by atoms with van der Waals surface area (Å²) in [5, 5.41) is 3.37. The molecule has 0 radical (unpaired) electrons. The molecule has 0 aliphatic heterocycles. The van der Waals surface area contributed by atoms with Gasteiger partial charge in [0, 0.05) is 13.1 Å². The molecule has 0 bridgehead atoms. The third kappa shape index (κ3) is 1.84. The molecular weight excluding hydrogens is 122 g/mol. The van der Waals surface area contributed by atoms with Crippen molar-refractivity contribution in [1.29, 1.82) is 0 Å². The van der Waals surface area contributed by atoms with Gasteiger partial charge in [-0.3, -0.25) is 0 Å². The van der Waals surface area contributed by atoms with Crippen LogP contribution in [0.15, 0.2) is 12.7 Å². The van der Waals surface area contributed by atoms with Crippen LogP contribution in [0.2, 0.25) is 0 Å². The van der Waals surface area contributed by atoms with E-state index >= 15 is 0 Å². The molecule has 0 spiro atoms. The topological polar surface area (TPSA) is 12.0 Å². The van der Waals surface area contributed by atoms with Gasteiger partial charge in [-0.25, -0.2) is 0 Å². The summed E-state index contributed by atoms with van der Waals surface area (Å²) in [6, 6.07) is 0. The maximum atomic E-state index is 3.66. The second kappa shape index (κ2) is 3.20. The van der Waals surface area contributed by atoms with Gasteiger partial charge in [-0.15, -0.1) is 6.58 Å². The molecule has 1 aliphatic carbocycles. The summed E-state index contributed by atoms with van der Waals surface area (Å²) in [5.74, 6) is 0. The van der Waals surface area contributed by atoms with Crippen LogP contribution in [-0.2, 0) is 0 Å². The Morgan fingerprint density at radius 3 is 2.70 bits per heavy atom. The van der Waals surface area contributed by atoms with Gasteiger partial charge in [-0.2, -0.15) is 0 Å². The van der Waals surface area contributed by atoms with Crippen molar-refractivity contribution >= 4 is 0 Å². The first-order valence-electron chi connectivity index (χ1n) is 4.14. The zero-order valence-electron chi connectivity index (χ0n) is 6.82. The predicted octanol–water partition coefficient (Wildman–Crippen LogP) is 1.95. The van der Waals surface area contributed by atoms with Gasteiger partial charge in [-0.1, -0.05) is 13.0 Å². The summed E-state index contributed by atoms with van der Waals surface area (Å²) in [6.45, 7) is 8.09. The highest BCUT2D eigenvalue weighted by Gasteiger charge is 2.39. The Kier molecular flexibility index (Phi) is 2.50. The quantitative estimate of drug-likeness (QED) is 0.453. The fourth-order valence-corrected chi connectivity index (χ4v) is 1.27. The Balaban J connectivity index is 2.06. The largest absolute Gasteiger partial charge is 0.313 e. The highest BCUT2D eigenvalue weighted by atomic mass is 14.9. The Morgan fingerprint density at radius 1 is 1.60 bits per heavy atom. The van der Waals surface area contributed by atoms with Crippen molar-refractivity contribution in [1.82, 2.24) is 5.32 Å². The molecule has 0 aromatic rings. The summed E-state index contributed by atoms with van der Waals surface area (Å²) in [6.07, 6.45) is 6.10. The normalized spacial score (nSPS) is 20.5. The van der Waals surface area contributed by atoms with Crippen molar-refractivity contribution < 1.29 is 0 Å². The molecule has 0 saturated heterocycles. The van der Waals surface area contributed by atoms with Gasteiger partial charge >= 0.3 is 0 Å². The molecule has 1 N–H and O–H groups in total. The molecule has 1 saturated carbocycles. The fraction of sp³-hybridized carbons (Fsp3) is 0.778. The van der Waals surface area contributed by atoms with E-state index < -0.39 is 0 Å². The summed E-state index contributed by atoms with van der Waals surface area (Å²) in [5.41, 5.74) is 0.684. The average Bonchev–Trinajstić information content (AvgIpc) is 2.70. The Hall–Kier alpha value is -0.300. The first kappa shape index (κ1) is 7.80. The number of hydrogen-bond donors (Lipinski definition) is 1. The van der Waals surface area contributed by atoms with Crippen LogP contribution >= 0.6 is 0 Å². The van der Waals surface area contributed by atoms with E-state index in [0.29, 0.717) is 5.41 Å². The van der Waals surface area contributed by atoms with Crippen molar-refractivity contribution in [3.8, 4) is 0 Å². The van der Waals surface area contributed by atoms with Gasteiger partial charge in [0.2, 0.25) is 0 Å². The molecule has 1 nitrogen and oxygen atoms in total. The molecule has 0 atom stereocenters. The Morgan fingerprint density at radius 2 is 2.30 bits per heavy atom. The molecular formula is C9H17N. The van der Waals surface area contributed by atoms with Gasteiger partial charge in [0.05, 0.1) is 0 Å². The number of rotatable bonds is 5. The lowest BCUT2D eigenvalue weighted by molar-refractivity contribution is 0.456. The van der Waals surface area contributed by atoms with E-state index in [2.05, 4.69) is 18.8 Å². The first-order valence-corrected chi connectivity index (χ1v) is 4.14. The van der Waals surface area contributed by atoms with E-state index in [0.717, 1.165) is 6.54 Å². The maximum absolute atomic E-state index is 3.66. The highest BCUT2D eigenvalue weighted by Crippen LogP contribution is 2.47. The third-order valence-corrected chi connectivity index (χ3v) is 2.50. The average molecular weight is 139 g/mol. The molecule has 1 rings (SSSR count). The predicted molar refractivity (Wildman–Crippen MR) is 45.0 cm³/mol. The van der Waals surface area contributed by atoms with Crippen LogP contribution in [0, 0.1) is 5.41 Å². The Labute approximate surface area is 63.5 Å². The van der Waals surface area contributed by atoms with Crippen molar-refractivity contribution in [2.24, 2.45) is 5.41 Å². The van der Waals surface area contributed by atoms with E-state index in [1.807, 2.05) is 6.08 Å². The zero-order valence-corrected chi connectivity index (χ0v) is 6.82. The standard InChI is InChI=1S/C9H17N/c1-3-7-10-8-9(4-2)5-6-9/h3,10H,1,4-8H2,2H3. The van der Waals surface area contributed by atoms with Gasteiger partial charge in [-0.05, 0) is 24.7 Å². The summed E-state index contributed by atoms with van der Waals surface area (Å²) < 4.78 is 0. The lowest BCUT2D eigenvalue weighted by Gasteiger charge is -2.11. The first-order chi connectivity index (χ1) is 4.83. The van der Waals surface area contributed by atoms with Crippen LogP contribution < -0.4 is 5.32 Å². The van der Waals surface area contributed by atoms with E-state index in [1.54, 1.807) is 0 Å². The molecule has 0 heterocycles. The Bertz CT molecular complexity index is 114. The van der Waals surface area contributed by atoms with Crippen molar-refractivity contribution in [3.63, 3.8) is 0 Å². The smallest absolute Gasteiger partial charge is 0.0132 e. The highest BCUT2D eigenvalue weighted by molar-refractivity contribution is 4.93. The lowest BCUT2D eigenvalue weighted by Crippen LogP contribution is -2.23. The maximum Gasteiger partial charge on any atom is 0.0132 e. The zero-order chi connectivity index (χ0) is 7.45. The molecule has 1 aliphatic rings. The monoisotopic (exact) mass is 139 g/mol. The van der Waals surface area contributed by atoms with Crippen molar-refractivity contribution in [2.75, 3.05) is 13.1 Å². The SMILES string of the molecule is C=CCNCC1(CC)CC1. The molecule has 0 aromatic heterocycles. The van der Waals surface area contributed by atoms with Crippen LogP contribution in [-0.4, -0.2) is 13.1 Å². The van der Waals surface area contributed by atoms with Crippen molar-refractivity contribution in [3.05, 3.63) is 12.7 Å². The van der Waals surface area contributed by atoms with E-state index in [9.17, 15) is 0 Å². The van der Waals surface area contributed by atoms with Crippen LogP contribution in [0.3, 0.4) is 0 Å². The number of nitrogens with one attached hydrogen (secondary N) is 1. The van der Waals surface area contributed by atoms with Crippen LogP contribution in [0.1, 0.15) is 26.2 Å². The van der Waals surface area contributed by atoms with Gasteiger partial charge < -0.3 is 5.32 Å². The molecule has 1 fully saturated rings. The fourth-order valence-electron chi connectivity index (χ4n) is 1.27. The van der Waals surface area contributed by atoms with E-state index in [1.165, 1.54) is 25.8 Å². The van der Waals surface area contributed by atoms with Crippen LogP contribution in [0.25, 0.3) is 0 Å². The van der Waals surface area contributed by atoms with E-state index in [-0.39, 0.29) is 0 Å². The molecule has 0 unspecified atom stereocenters. The molecule has 1 heteroatoms. The third-order valence-electron chi connectivity index (χ3n) is 2.50. The van der Waals surface area contributed by atoms with Crippen LogP contribution in [0.5, 0.6) is 0 Å². The van der Waals surface area contributed by atoms with Crippen molar-refractivity contribution in [2.45, 2.75) is 26.2 Å². The van der Waals surface area contributed by atoms with Gasteiger partial charge in [0.1, 0.15) is 0 Å². The van der Waals surface area contributed by atoms with Gasteiger partial charge in [0.25, 0.3) is 0 Å². The second-order valence-electron chi connectivity index (χ2n) is 3.27. The summed E-state index contributed by atoms with van der Waals surface area (Å²) in [4.78, 5) is 0. The molecule has 0 aromatic carbocycles. The molecule has 10 heavy (non-hydrogen) atoms. The molecule has 0 amide bonds. The van der Waals surface area contributed by atoms with Crippen LogP contribution in [0.4, 0.5) is 0 Å².